The largest absolute Gasteiger partial charge is 0.382 e. The average molecular weight is 380 g/mol. The number of aryl methyl sites for hydroxylation is 1. The second kappa shape index (κ2) is 8.17. The Balaban J connectivity index is 1.42. The number of para-hydroxylation sites is 1. The maximum absolute atomic E-state index is 11.9. The highest BCUT2D eigenvalue weighted by Gasteiger charge is 2.23. The van der Waals surface area contributed by atoms with Crippen molar-refractivity contribution in [3.05, 3.63) is 30.6 Å². The van der Waals surface area contributed by atoms with Gasteiger partial charge in [-0.3, -0.25) is 4.79 Å². The van der Waals surface area contributed by atoms with Crippen LogP contribution < -0.4 is 11.5 Å². The van der Waals surface area contributed by atoms with E-state index in [4.69, 9.17) is 11.5 Å². The molecule has 1 aliphatic rings. The van der Waals surface area contributed by atoms with Crippen molar-refractivity contribution in [2.24, 2.45) is 17.6 Å². The lowest BCUT2D eigenvalue weighted by Crippen LogP contribution is -2.25. The number of imidazole rings is 1. The van der Waals surface area contributed by atoms with E-state index in [1.807, 2.05) is 24.5 Å². The Labute approximate surface area is 165 Å². The van der Waals surface area contributed by atoms with Crippen LogP contribution in [0.2, 0.25) is 0 Å². The molecule has 2 aromatic heterocycles. The van der Waals surface area contributed by atoms with Crippen molar-refractivity contribution in [1.82, 2.24) is 14.5 Å². The van der Waals surface area contributed by atoms with Crippen LogP contribution in [0.3, 0.4) is 0 Å². The maximum atomic E-state index is 11.9. The number of primary amides is 1. The van der Waals surface area contributed by atoms with Crippen molar-refractivity contribution in [2.75, 3.05) is 5.73 Å². The third-order valence-electron chi connectivity index (χ3n) is 6.18. The first-order valence-electron chi connectivity index (χ1n) is 10.4. The van der Waals surface area contributed by atoms with Crippen LogP contribution in [-0.2, 0) is 11.3 Å². The second-order valence-electron chi connectivity index (χ2n) is 8.13. The van der Waals surface area contributed by atoms with E-state index < -0.39 is 0 Å². The second-order valence-corrected chi connectivity index (χ2v) is 8.13. The Hall–Kier alpha value is -2.63. The summed E-state index contributed by atoms with van der Waals surface area (Å²) in [6, 6.07) is 8.02. The summed E-state index contributed by atoms with van der Waals surface area (Å²) in [5, 5.41) is 1.07. The van der Waals surface area contributed by atoms with Gasteiger partial charge in [-0.05, 0) is 31.2 Å². The molecule has 1 fully saturated rings. The van der Waals surface area contributed by atoms with Crippen molar-refractivity contribution in [2.45, 2.75) is 57.9 Å². The van der Waals surface area contributed by atoms with Crippen molar-refractivity contribution in [3.63, 3.8) is 0 Å². The molecule has 0 spiro atoms. The van der Waals surface area contributed by atoms with Gasteiger partial charge in [0.2, 0.25) is 5.91 Å². The number of amides is 1. The van der Waals surface area contributed by atoms with Crippen LogP contribution >= 0.6 is 0 Å². The van der Waals surface area contributed by atoms with Crippen LogP contribution in [0.1, 0.15) is 51.4 Å². The van der Waals surface area contributed by atoms with Gasteiger partial charge < -0.3 is 16.0 Å². The molecule has 0 saturated heterocycles. The summed E-state index contributed by atoms with van der Waals surface area (Å²) < 4.78 is 2.16. The van der Waals surface area contributed by atoms with Gasteiger partial charge in [-0.15, -0.1) is 0 Å². The van der Waals surface area contributed by atoms with Crippen LogP contribution in [0, 0.1) is 11.8 Å². The number of carbonyl (C=O) groups excluding carboxylic acids is 1. The van der Waals surface area contributed by atoms with Crippen LogP contribution in [0.5, 0.6) is 0 Å². The minimum atomic E-state index is -0.134. The Kier molecular flexibility index (Phi) is 5.46. The molecule has 6 nitrogen and oxygen atoms in total. The molecule has 1 saturated carbocycles. The van der Waals surface area contributed by atoms with Crippen molar-refractivity contribution < 1.29 is 4.79 Å². The average Bonchev–Trinajstić information content (AvgIpc) is 3.34. The normalized spacial score (nSPS) is 16.1. The smallest absolute Gasteiger partial charge is 0.220 e. The van der Waals surface area contributed by atoms with Crippen molar-refractivity contribution in [3.8, 4) is 0 Å². The minimum Gasteiger partial charge on any atom is -0.382 e. The standard InChI is InChI=1S/C22H29N5O/c23-21-19-20(17-10-3-4-11-18(17)26-21)27(14-25-19)12-6-5-9-16(22(24)28)13-15-7-1-2-8-15/h3-4,10-11,14-16H,1-2,5-9,12-13H2,(H2,23,26)(H2,24,28). The molecule has 1 aliphatic carbocycles. The third-order valence-corrected chi connectivity index (χ3v) is 6.18. The number of anilines is 1. The molecule has 4 rings (SSSR count). The van der Waals surface area contributed by atoms with Gasteiger partial charge in [0.1, 0.15) is 5.52 Å². The number of nitrogens with two attached hydrogens (primary N) is 2. The zero-order valence-corrected chi connectivity index (χ0v) is 16.3. The van der Waals surface area contributed by atoms with E-state index in [1.165, 1.54) is 25.7 Å². The third kappa shape index (κ3) is 3.81. The summed E-state index contributed by atoms with van der Waals surface area (Å²) in [6.07, 6.45) is 10.8. The van der Waals surface area contributed by atoms with Crippen molar-refractivity contribution >= 4 is 33.7 Å². The molecule has 2 heterocycles. The van der Waals surface area contributed by atoms with Gasteiger partial charge in [-0.25, -0.2) is 9.97 Å². The number of pyridine rings is 1. The van der Waals surface area contributed by atoms with E-state index in [0.29, 0.717) is 11.7 Å². The summed E-state index contributed by atoms with van der Waals surface area (Å²) in [5.41, 5.74) is 14.5. The van der Waals surface area contributed by atoms with Crippen LogP contribution in [0.15, 0.2) is 30.6 Å². The number of hydrogen-bond acceptors (Lipinski definition) is 4. The number of benzene rings is 1. The molecule has 6 heteroatoms. The predicted molar refractivity (Wildman–Crippen MR) is 113 cm³/mol. The summed E-state index contributed by atoms with van der Waals surface area (Å²) in [4.78, 5) is 20.8. The molecule has 4 N–H and O–H groups in total. The highest BCUT2D eigenvalue weighted by Crippen LogP contribution is 2.32. The number of nitrogens with zero attached hydrogens (tertiary/aromatic N) is 3. The summed E-state index contributed by atoms with van der Waals surface area (Å²) in [6.45, 7) is 0.846. The topological polar surface area (TPSA) is 99.8 Å². The highest BCUT2D eigenvalue weighted by atomic mass is 16.1. The number of rotatable bonds is 8. The molecule has 0 bridgehead atoms. The number of hydrogen-bond donors (Lipinski definition) is 2. The molecule has 28 heavy (non-hydrogen) atoms. The first-order chi connectivity index (χ1) is 13.6. The van der Waals surface area contributed by atoms with Gasteiger partial charge >= 0.3 is 0 Å². The fourth-order valence-corrected chi connectivity index (χ4v) is 4.67. The van der Waals surface area contributed by atoms with Gasteiger partial charge in [0.15, 0.2) is 5.82 Å². The fraction of sp³-hybridized carbons (Fsp3) is 0.500. The monoisotopic (exact) mass is 379 g/mol. The molecule has 1 aromatic carbocycles. The SMILES string of the molecule is NC(=O)C(CCCCn1cnc2c(N)nc3ccccc3c21)CC1CCCC1. The molecule has 3 aromatic rings. The maximum Gasteiger partial charge on any atom is 0.220 e. The van der Waals surface area contributed by atoms with E-state index in [2.05, 4.69) is 20.6 Å². The number of carbonyl (C=O) groups is 1. The zero-order chi connectivity index (χ0) is 19.5. The first kappa shape index (κ1) is 18.7. The van der Waals surface area contributed by atoms with E-state index in [1.54, 1.807) is 0 Å². The Morgan fingerprint density at radius 1 is 1.21 bits per heavy atom. The molecule has 1 amide bonds. The Morgan fingerprint density at radius 3 is 2.79 bits per heavy atom. The summed E-state index contributed by atoms with van der Waals surface area (Å²) in [7, 11) is 0. The lowest BCUT2D eigenvalue weighted by molar-refractivity contribution is -0.122. The van der Waals surface area contributed by atoms with Crippen LogP contribution in [0.25, 0.3) is 21.9 Å². The van der Waals surface area contributed by atoms with Crippen LogP contribution in [0.4, 0.5) is 5.82 Å². The van der Waals surface area contributed by atoms with E-state index in [0.717, 1.165) is 54.2 Å². The first-order valence-corrected chi connectivity index (χ1v) is 10.4. The zero-order valence-electron chi connectivity index (χ0n) is 16.3. The molecular formula is C22H29N5O. The van der Waals surface area contributed by atoms with Gasteiger partial charge in [0.25, 0.3) is 0 Å². The number of nitrogen functional groups attached to an aromatic ring is 1. The van der Waals surface area contributed by atoms with Gasteiger partial charge in [0, 0.05) is 17.8 Å². The lowest BCUT2D eigenvalue weighted by Gasteiger charge is -2.17. The lowest BCUT2D eigenvalue weighted by atomic mass is 9.89. The van der Waals surface area contributed by atoms with Crippen LogP contribution in [-0.4, -0.2) is 20.4 Å². The Bertz CT molecular complexity index is 974. The fourth-order valence-electron chi connectivity index (χ4n) is 4.67. The minimum absolute atomic E-state index is 0.0169. The molecule has 148 valence electrons. The van der Waals surface area contributed by atoms with E-state index in [-0.39, 0.29) is 11.8 Å². The molecular weight excluding hydrogens is 350 g/mol. The van der Waals surface area contributed by atoms with Crippen molar-refractivity contribution in [1.29, 1.82) is 0 Å². The Morgan fingerprint density at radius 2 is 2.00 bits per heavy atom. The quantitative estimate of drug-likeness (QED) is 0.577. The predicted octanol–water partition coefficient (Wildman–Crippen LogP) is 4.02. The summed E-state index contributed by atoms with van der Waals surface area (Å²) in [5.74, 6) is 1.04. The molecule has 1 unspecified atom stereocenters. The van der Waals surface area contributed by atoms with Gasteiger partial charge in [-0.2, -0.15) is 0 Å². The van der Waals surface area contributed by atoms with E-state index >= 15 is 0 Å². The molecule has 0 radical (unpaired) electrons. The van der Waals surface area contributed by atoms with Gasteiger partial charge in [0.05, 0.1) is 17.4 Å². The highest BCUT2D eigenvalue weighted by molar-refractivity contribution is 6.06. The molecule has 0 aliphatic heterocycles. The number of aromatic nitrogens is 3. The van der Waals surface area contributed by atoms with Gasteiger partial charge in [-0.1, -0.05) is 50.3 Å². The number of unbranched alkanes of at least 4 members (excludes halogenated alkanes) is 1. The summed E-state index contributed by atoms with van der Waals surface area (Å²) >= 11 is 0. The van der Waals surface area contributed by atoms with E-state index in [9.17, 15) is 4.79 Å². The molecule has 1 atom stereocenters. The number of fused-ring (bicyclic) bond motifs is 3.